The summed E-state index contributed by atoms with van der Waals surface area (Å²) in [6.07, 6.45) is -0.0764. The van der Waals surface area contributed by atoms with Crippen molar-refractivity contribution in [3.63, 3.8) is 0 Å². The van der Waals surface area contributed by atoms with E-state index in [9.17, 15) is 14.4 Å². The molecule has 5 heteroatoms. The largest absolute Gasteiger partial charge is 0.451 e. The van der Waals surface area contributed by atoms with Gasteiger partial charge in [0.1, 0.15) is 10.4 Å². The summed E-state index contributed by atoms with van der Waals surface area (Å²) in [5.41, 5.74) is 2.88. The van der Waals surface area contributed by atoms with Gasteiger partial charge in [-0.25, -0.2) is 4.79 Å². The Hall–Kier alpha value is -2.02. The second-order valence-electron chi connectivity index (χ2n) is 5.00. The van der Waals surface area contributed by atoms with Crippen LogP contribution in [-0.4, -0.2) is 22.1 Å². The highest BCUT2D eigenvalue weighted by Crippen LogP contribution is 2.21. The fraction of sp³-hybridized carbons (Fsp3) is 0.167. The van der Waals surface area contributed by atoms with Gasteiger partial charge < -0.3 is 4.74 Å². The third-order valence-electron chi connectivity index (χ3n) is 3.26. The maximum absolute atomic E-state index is 11.8. The molecule has 2 aromatic carbocycles. The van der Waals surface area contributed by atoms with Gasteiger partial charge in [-0.15, -0.1) is 0 Å². The number of ether oxygens (including phenoxy) is 1. The fourth-order valence-electron chi connectivity index (χ4n) is 2.11. The van der Waals surface area contributed by atoms with Crippen LogP contribution in [0.5, 0.6) is 0 Å². The lowest BCUT2D eigenvalue weighted by Gasteiger charge is -2.05. The number of esters is 1. The summed E-state index contributed by atoms with van der Waals surface area (Å²) in [6.45, 7) is 1.40. The summed E-state index contributed by atoms with van der Waals surface area (Å²) in [7, 11) is 0. The zero-order valence-electron chi connectivity index (χ0n) is 12.5. The van der Waals surface area contributed by atoms with E-state index in [1.165, 1.54) is 6.92 Å². The first-order chi connectivity index (χ1) is 11.0. The van der Waals surface area contributed by atoms with Crippen molar-refractivity contribution in [2.75, 3.05) is 4.61 Å². The summed E-state index contributed by atoms with van der Waals surface area (Å²) in [6, 6.07) is 14.1. The molecule has 23 heavy (non-hydrogen) atoms. The molecule has 0 aliphatic heterocycles. The van der Waals surface area contributed by atoms with Crippen LogP contribution >= 0.6 is 22.6 Å². The summed E-state index contributed by atoms with van der Waals surface area (Å²) < 4.78 is 5.24. The molecule has 0 spiro atoms. The quantitative estimate of drug-likeness (QED) is 0.232. The topological polar surface area (TPSA) is 60.4 Å². The van der Waals surface area contributed by atoms with Crippen molar-refractivity contribution in [2.24, 2.45) is 0 Å². The van der Waals surface area contributed by atoms with Crippen LogP contribution in [0.4, 0.5) is 0 Å². The molecule has 0 fully saturated rings. The molecule has 0 bridgehead atoms. The van der Waals surface area contributed by atoms with Crippen LogP contribution in [-0.2, 0) is 9.53 Å². The van der Waals surface area contributed by atoms with Crippen LogP contribution in [0.1, 0.15) is 34.1 Å². The van der Waals surface area contributed by atoms with E-state index in [-0.39, 0.29) is 24.0 Å². The minimum absolute atomic E-state index is 0.0764. The average molecular weight is 422 g/mol. The van der Waals surface area contributed by atoms with Crippen LogP contribution in [0.3, 0.4) is 0 Å². The summed E-state index contributed by atoms with van der Waals surface area (Å²) in [4.78, 5) is 34.4. The van der Waals surface area contributed by atoms with Crippen molar-refractivity contribution in [3.8, 4) is 11.1 Å². The number of ketones is 2. The average Bonchev–Trinajstić information content (AvgIpc) is 2.55. The SMILES string of the molecule is CC(=O)CC(=O)c1ccc(-c2ccc(C(=O)OCI)cc2)cc1. The molecule has 0 radical (unpaired) electrons. The smallest absolute Gasteiger partial charge is 0.338 e. The molecule has 118 valence electrons. The summed E-state index contributed by atoms with van der Waals surface area (Å²) in [5, 5.41) is 0. The van der Waals surface area contributed by atoms with Crippen molar-refractivity contribution in [1.29, 1.82) is 0 Å². The van der Waals surface area contributed by atoms with Crippen molar-refractivity contribution < 1.29 is 19.1 Å². The third-order valence-corrected chi connectivity index (χ3v) is 3.57. The molecule has 0 saturated heterocycles. The molecule has 2 rings (SSSR count). The molecule has 0 aliphatic carbocycles. The van der Waals surface area contributed by atoms with Crippen molar-refractivity contribution >= 4 is 40.1 Å². The number of carbonyl (C=O) groups excluding carboxylic acids is 3. The Morgan fingerprint density at radius 2 is 1.35 bits per heavy atom. The van der Waals surface area contributed by atoms with Gasteiger partial charge in [0.05, 0.1) is 12.0 Å². The summed E-state index contributed by atoms with van der Waals surface area (Å²) >= 11 is 1.97. The van der Waals surface area contributed by atoms with Gasteiger partial charge in [-0.3, -0.25) is 9.59 Å². The molecule has 0 aliphatic rings. The number of carbonyl (C=O) groups is 3. The minimum Gasteiger partial charge on any atom is -0.451 e. The highest BCUT2D eigenvalue weighted by Gasteiger charge is 2.09. The van der Waals surface area contributed by atoms with Gasteiger partial charge in [-0.1, -0.05) is 36.4 Å². The Balaban J connectivity index is 2.15. The zero-order valence-corrected chi connectivity index (χ0v) is 14.7. The van der Waals surface area contributed by atoms with Crippen molar-refractivity contribution in [3.05, 3.63) is 59.7 Å². The van der Waals surface area contributed by atoms with Gasteiger partial charge in [0.2, 0.25) is 0 Å². The molecule has 0 atom stereocenters. The van der Waals surface area contributed by atoms with Crippen LogP contribution in [0.2, 0.25) is 0 Å². The number of hydrogen-bond donors (Lipinski definition) is 0. The van der Waals surface area contributed by atoms with E-state index < -0.39 is 0 Å². The minimum atomic E-state index is -0.351. The number of halogens is 1. The molecule has 0 amide bonds. The monoisotopic (exact) mass is 422 g/mol. The van der Waals surface area contributed by atoms with Gasteiger partial charge in [-0.05, 0) is 52.8 Å². The molecule has 0 N–H and O–H groups in total. The van der Waals surface area contributed by atoms with Crippen LogP contribution in [0.25, 0.3) is 11.1 Å². The van der Waals surface area contributed by atoms with Gasteiger partial charge in [0, 0.05) is 5.56 Å². The number of hydrogen-bond acceptors (Lipinski definition) is 4. The Kier molecular flexibility index (Phi) is 6.04. The Morgan fingerprint density at radius 3 is 1.78 bits per heavy atom. The van der Waals surface area contributed by atoms with E-state index in [1.54, 1.807) is 24.3 Å². The van der Waals surface area contributed by atoms with E-state index >= 15 is 0 Å². The van der Waals surface area contributed by atoms with Gasteiger partial charge in [0.25, 0.3) is 0 Å². The zero-order chi connectivity index (χ0) is 16.8. The first-order valence-corrected chi connectivity index (χ1v) is 8.50. The first-order valence-electron chi connectivity index (χ1n) is 6.97. The predicted octanol–water partition coefficient (Wildman–Crippen LogP) is 4.06. The van der Waals surface area contributed by atoms with Crippen molar-refractivity contribution in [1.82, 2.24) is 0 Å². The highest BCUT2D eigenvalue weighted by atomic mass is 127. The molecule has 0 heterocycles. The van der Waals surface area contributed by atoms with Crippen LogP contribution < -0.4 is 0 Å². The molecule has 4 nitrogen and oxygen atoms in total. The van der Waals surface area contributed by atoms with E-state index in [4.69, 9.17) is 4.74 Å². The second kappa shape index (κ2) is 8.01. The highest BCUT2D eigenvalue weighted by molar-refractivity contribution is 14.1. The Morgan fingerprint density at radius 1 is 0.870 bits per heavy atom. The van der Waals surface area contributed by atoms with Crippen molar-refractivity contribution in [2.45, 2.75) is 13.3 Å². The van der Waals surface area contributed by atoms with Gasteiger partial charge >= 0.3 is 5.97 Å². The number of alkyl halides is 1. The molecular formula is C18H15IO4. The van der Waals surface area contributed by atoms with Crippen LogP contribution in [0, 0.1) is 0 Å². The number of Topliss-reactive ketones (excluding diaryl/α,β-unsaturated/α-hetero) is 2. The number of rotatable bonds is 6. The summed E-state index contributed by atoms with van der Waals surface area (Å²) in [5.74, 6) is -0.676. The number of benzene rings is 2. The van der Waals surface area contributed by atoms with E-state index in [1.807, 2.05) is 46.9 Å². The van der Waals surface area contributed by atoms with Gasteiger partial charge in [-0.2, -0.15) is 0 Å². The van der Waals surface area contributed by atoms with E-state index in [0.29, 0.717) is 15.7 Å². The molecule has 2 aromatic rings. The third kappa shape index (κ3) is 4.72. The van der Waals surface area contributed by atoms with E-state index in [2.05, 4.69) is 0 Å². The molecular weight excluding hydrogens is 407 g/mol. The Bertz CT molecular complexity index is 718. The maximum atomic E-state index is 11.8. The second-order valence-corrected chi connectivity index (χ2v) is 5.62. The first kappa shape index (κ1) is 17.3. The molecule has 0 unspecified atom stereocenters. The lowest BCUT2D eigenvalue weighted by molar-refractivity contribution is -0.116. The van der Waals surface area contributed by atoms with Crippen LogP contribution in [0.15, 0.2) is 48.5 Å². The lowest BCUT2D eigenvalue weighted by atomic mass is 10.00. The fourth-order valence-corrected chi connectivity index (χ4v) is 2.39. The van der Waals surface area contributed by atoms with E-state index in [0.717, 1.165) is 11.1 Å². The molecule has 0 aromatic heterocycles. The Labute approximate surface area is 148 Å². The predicted molar refractivity (Wildman–Crippen MR) is 95.8 cm³/mol. The lowest BCUT2D eigenvalue weighted by Crippen LogP contribution is -2.04. The van der Waals surface area contributed by atoms with Gasteiger partial charge in [0.15, 0.2) is 5.78 Å². The molecule has 0 saturated carbocycles. The standard InChI is InChI=1S/C18H15IO4/c1-12(20)10-17(21)15-6-2-13(3-7-15)14-4-8-16(9-5-14)18(22)23-11-19/h2-9H,10-11H2,1H3. The normalized spacial score (nSPS) is 10.2. The maximum Gasteiger partial charge on any atom is 0.338 e.